The summed E-state index contributed by atoms with van der Waals surface area (Å²) >= 11 is 1.85. The second-order valence-corrected chi connectivity index (χ2v) is 7.21. The number of guanidine groups is 1. The molecule has 0 amide bonds. The van der Waals surface area contributed by atoms with E-state index in [0.717, 1.165) is 24.0 Å². The third kappa shape index (κ3) is 7.09. The molecule has 2 rings (SSSR count). The number of benzene rings is 1. The van der Waals surface area contributed by atoms with Gasteiger partial charge in [0.2, 0.25) is 0 Å². The molecule has 0 spiro atoms. The predicted octanol–water partition coefficient (Wildman–Crippen LogP) is 4.15. The fourth-order valence-corrected chi connectivity index (χ4v) is 3.81. The highest BCUT2D eigenvalue weighted by atomic mass is 127. The molecule has 24 heavy (non-hydrogen) atoms. The Hall–Kier alpha value is -0.630. The highest BCUT2D eigenvalue weighted by molar-refractivity contribution is 14.0. The quantitative estimate of drug-likeness (QED) is 0.276. The van der Waals surface area contributed by atoms with Crippen LogP contribution in [0.5, 0.6) is 5.75 Å². The first-order chi connectivity index (χ1) is 11.2. The lowest BCUT2D eigenvalue weighted by molar-refractivity contribution is 0.405. The van der Waals surface area contributed by atoms with Crippen molar-refractivity contribution >= 4 is 41.7 Å². The first kappa shape index (κ1) is 21.4. The Morgan fingerprint density at radius 3 is 2.71 bits per heavy atom. The van der Waals surface area contributed by atoms with Crippen LogP contribution < -0.4 is 15.4 Å². The van der Waals surface area contributed by atoms with E-state index in [1.165, 1.54) is 30.6 Å². The molecule has 6 heteroatoms. The normalized spacial score (nSPS) is 16.4. The first-order valence-electron chi connectivity index (χ1n) is 8.46. The van der Waals surface area contributed by atoms with Crippen LogP contribution in [0.1, 0.15) is 32.6 Å². The van der Waals surface area contributed by atoms with Crippen molar-refractivity contribution in [2.24, 2.45) is 10.9 Å². The van der Waals surface area contributed by atoms with Gasteiger partial charge in [0.25, 0.3) is 0 Å². The van der Waals surface area contributed by atoms with Gasteiger partial charge in [0.1, 0.15) is 5.75 Å². The zero-order valence-corrected chi connectivity index (χ0v) is 18.0. The monoisotopic (exact) mass is 463 g/mol. The van der Waals surface area contributed by atoms with E-state index in [1.807, 2.05) is 30.9 Å². The number of nitrogens with one attached hydrogen (secondary N) is 2. The molecule has 1 saturated carbocycles. The van der Waals surface area contributed by atoms with Crippen molar-refractivity contribution in [3.05, 3.63) is 24.3 Å². The van der Waals surface area contributed by atoms with E-state index < -0.39 is 0 Å². The van der Waals surface area contributed by atoms with Crippen LogP contribution in [-0.2, 0) is 0 Å². The van der Waals surface area contributed by atoms with Crippen LogP contribution >= 0.6 is 35.7 Å². The maximum atomic E-state index is 5.40. The van der Waals surface area contributed by atoms with Crippen molar-refractivity contribution in [3.8, 4) is 5.75 Å². The van der Waals surface area contributed by atoms with Crippen LogP contribution in [0.2, 0.25) is 0 Å². The Balaban J connectivity index is 0.00000288. The Labute approximate surface area is 167 Å². The van der Waals surface area contributed by atoms with Gasteiger partial charge in [-0.3, -0.25) is 4.99 Å². The Morgan fingerprint density at radius 1 is 1.33 bits per heavy atom. The topological polar surface area (TPSA) is 45.7 Å². The van der Waals surface area contributed by atoms with E-state index >= 15 is 0 Å². The maximum Gasteiger partial charge on any atom is 0.191 e. The molecule has 0 aliphatic heterocycles. The number of halogens is 1. The summed E-state index contributed by atoms with van der Waals surface area (Å²) in [6.45, 7) is 3.19. The van der Waals surface area contributed by atoms with Crippen molar-refractivity contribution < 1.29 is 4.74 Å². The van der Waals surface area contributed by atoms with Gasteiger partial charge in [0.05, 0.1) is 7.11 Å². The van der Waals surface area contributed by atoms with Gasteiger partial charge in [-0.05, 0) is 30.9 Å². The van der Waals surface area contributed by atoms with Crippen LogP contribution in [0.15, 0.2) is 34.2 Å². The summed E-state index contributed by atoms with van der Waals surface area (Å²) in [4.78, 5) is 5.54. The van der Waals surface area contributed by atoms with E-state index in [-0.39, 0.29) is 24.0 Å². The SMILES string of the molecule is CN=C(NCC(C)CSc1ccccc1OC)NC1CCCC1.I. The molecule has 0 radical (unpaired) electrons. The Kier molecular flexibility index (Phi) is 10.6. The van der Waals surface area contributed by atoms with E-state index in [9.17, 15) is 0 Å². The maximum absolute atomic E-state index is 5.40. The van der Waals surface area contributed by atoms with Gasteiger partial charge >= 0.3 is 0 Å². The number of rotatable bonds is 7. The fourth-order valence-electron chi connectivity index (χ4n) is 2.76. The number of hydrogen-bond acceptors (Lipinski definition) is 3. The van der Waals surface area contributed by atoms with Crippen molar-refractivity contribution in [1.82, 2.24) is 10.6 Å². The molecule has 2 N–H and O–H groups in total. The van der Waals surface area contributed by atoms with Crippen molar-refractivity contribution in [3.63, 3.8) is 0 Å². The average Bonchev–Trinajstić information content (AvgIpc) is 3.09. The van der Waals surface area contributed by atoms with Crippen LogP contribution in [0, 0.1) is 5.92 Å². The molecule has 1 aliphatic carbocycles. The predicted molar refractivity (Wildman–Crippen MR) is 115 cm³/mol. The van der Waals surface area contributed by atoms with E-state index in [2.05, 4.69) is 34.7 Å². The van der Waals surface area contributed by atoms with Crippen LogP contribution in [0.4, 0.5) is 0 Å². The zero-order chi connectivity index (χ0) is 16.5. The van der Waals surface area contributed by atoms with Gasteiger partial charge < -0.3 is 15.4 Å². The van der Waals surface area contributed by atoms with Crippen molar-refractivity contribution in [2.45, 2.75) is 43.5 Å². The first-order valence-corrected chi connectivity index (χ1v) is 9.44. The third-order valence-corrected chi connectivity index (χ3v) is 5.51. The minimum Gasteiger partial charge on any atom is -0.496 e. The number of aliphatic imine (C=N–C) groups is 1. The van der Waals surface area contributed by atoms with Gasteiger partial charge in [-0.15, -0.1) is 35.7 Å². The van der Waals surface area contributed by atoms with E-state index in [0.29, 0.717) is 12.0 Å². The van der Waals surface area contributed by atoms with Crippen LogP contribution in [0.3, 0.4) is 0 Å². The van der Waals surface area contributed by atoms with Gasteiger partial charge in [0, 0.05) is 30.3 Å². The summed E-state index contributed by atoms with van der Waals surface area (Å²) < 4.78 is 5.40. The summed E-state index contributed by atoms with van der Waals surface area (Å²) in [6.07, 6.45) is 5.20. The molecule has 1 atom stereocenters. The van der Waals surface area contributed by atoms with Crippen molar-refractivity contribution in [1.29, 1.82) is 0 Å². The molecule has 1 fully saturated rings. The molecular weight excluding hydrogens is 433 g/mol. The number of hydrogen-bond donors (Lipinski definition) is 2. The number of nitrogens with zero attached hydrogens (tertiary/aromatic N) is 1. The van der Waals surface area contributed by atoms with Gasteiger partial charge in [-0.1, -0.05) is 31.9 Å². The molecule has 0 bridgehead atoms. The molecule has 1 aromatic rings. The van der Waals surface area contributed by atoms with Crippen LogP contribution in [0.25, 0.3) is 0 Å². The molecule has 136 valence electrons. The second kappa shape index (κ2) is 11.8. The minimum atomic E-state index is 0. The summed E-state index contributed by atoms with van der Waals surface area (Å²) in [5.41, 5.74) is 0. The standard InChI is InChI=1S/C18H29N3OS.HI/c1-14(13-23-17-11-7-6-10-16(17)22-3)12-20-18(19-2)21-15-8-4-5-9-15;/h6-7,10-11,14-15H,4-5,8-9,12-13H2,1-3H3,(H2,19,20,21);1H. The van der Waals surface area contributed by atoms with E-state index in [1.54, 1.807) is 7.11 Å². The highest BCUT2D eigenvalue weighted by Crippen LogP contribution is 2.29. The lowest BCUT2D eigenvalue weighted by atomic mass is 10.2. The zero-order valence-electron chi connectivity index (χ0n) is 14.9. The Bertz CT molecular complexity index is 507. The number of methoxy groups -OCH3 is 1. The highest BCUT2D eigenvalue weighted by Gasteiger charge is 2.16. The molecular formula is C18H30IN3OS. The summed E-state index contributed by atoms with van der Waals surface area (Å²) in [7, 11) is 3.57. The van der Waals surface area contributed by atoms with Gasteiger partial charge in [-0.25, -0.2) is 0 Å². The summed E-state index contributed by atoms with van der Waals surface area (Å²) in [5, 5.41) is 6.98. The molecule has 4 nitrogen and oxygen atoms in total. The summed E-state index contributed by atoms with van der Waals surface area (Å²) in [5.74, 6) is 3.49. The van der Waals surface area contributed by atoms with Crippen LogP contribution in [-0.4, -0.2) is 38.5 Å². The second-order valence-electron chi connectivity index (χ2n) is 6.15. The van der Waals surface area contributed by atoms with Gasteiger partial charge in [0.15, 0.2) is 5.96 Å². The minimum absolute atomic E-state index is 0. The third-order valence-electron chi connectivity index (χ3n) is 4.13. The Morgan fingerprint density at radius 2 is 2.04 bits per heavy atom. The van der Waals surface area contributed by atoms with Gasteiger partial charge in [-0.2, -0.15) is 0 Å². The largest absolute Gasteiger partial charge is 0.496 e. The average molecular weight is 463 g/mol. The lowest BCUT2D eigenvalue weighted by Gasteiger charge is -2.19. The number of thioether (sulfide) groups is 1. The molecule has 1 unspecified atom stereocenters. The lowest BCUT2D eigenvalue weighted by Crippen LogP contribution is -2.43. The smallest absolute Gasteiger partial charge is 0.191 e. The number of para-hydroxylation sites is 1. The molecule has 0 aromatic heterocycles. The fraction of sp³-hybridized carbons (Fsp3) is 0.611. The molecule has 0 saturated heterocycles. The molecule has 0 heterocycles. The molecule has 1 aliphatic rings. The molecule has 1 aromatic carbocycles. The van der Waals surface area contributed by atoms with Crippen molar-refractivity contribution in [2.75, 3.05) is 26.5 Å². The summed E-state index contributed by atoms with van der Waals surface area (Å²) in [6, 6.07) is 8.79. The number of ether oxygens (including phenoxy) is 1. The van der Waals surface area contributed by atoms with E-state index in [4.69, 9.17) is 4.74 Å².